The zero-order chi connectivity index (χ0) is 16.1. The Hall–Kier alpha value is -0.570. The van der Waals surface area contributed by atoms with Gasteiger partial charge < -0.3 is 9.47 Å². The second-order valence-electron chi connectivity index (χ2n) is 8.23. The van der Waals surface area contributed by atoms with Gasteiger partial charge in [0.25, 0.3) is 0 Å². The first kappa shape index (κ1) is 18.5. The van der Waals surface area contributed by atoms with Crippen LogP contribution < -0.4 is 0 Å². The molecule has 0 heterocycles. The molecule has 1 saturated carbocycles. The highest BCUT2D eigenvalue weighted by Gasteiger charge is 2.32. The molecule has 0 aliphatic heterocycles. The van der Waals surface area contributed by atoms with Crippen LogP contribution in [0.1, 0.15) is 86.5 Å². The maximum atomic E-state index is 12.3. The van der Waals surface area contributed by atoms with E-state index in [1.54, 1.807) is 0 Å². The molecule has 1 aliphatic carbocycles. The Morgan fingerprint density at radius 1 is 1.10 bits per heavy atom. The van der Waals surface area contributed by atoms with Gasteiger partial charge in [-0.25, -0.2) is 0 Å². The average molecular weight is 298 g/mol. The summed E-state index contributed by atoms with van der Waals surface area (Å²) in [6.07, 6.45) is 7.29. The predicted octanol–water partition coefficient (Wildman–Crippen LogP) is 5.08. The maximum Gasteiger partial charge on any atom is 0.313 e. The van der Waals surface area contributed by atoms with Gasteiger partial charge in [-0.05, 0) is 38.5 Å². The number of hydrogen-bond donors (Lipinski definition) is 0. The fourth-order valence-corrected chi connectivity index (χ4v) is 2.46. The molecule has 3 nitrogen and oxygen atoms in total. The molecule has 0 aromatic rings. The summed E-state index contributed by atoms with van der Waals surface area (Å²) in [6, 6.07) is 0. The van der Waals surface area contributed by atoms with Crippen LogP contribution in [0.3, 0.4) is 0 Å². The molecule has 124 valence electrons. The van der Waals surface area contributed by atoms with E-state index in [1.807, 2.05) is 20.8 Å². The quantitative estimate of drug-likeness (QED) is 0.507. The number of rotatable bonds is 6. The number of carbonyl (C=O) groups excluding carboxylic acids is 1. The van der Waals surface area contributed by atoms with Crippen molar-refractivity contribution in [3.8, 4) is 0 Å². The second kappa shape index (κ2) is 7.62. The Balaban J connectivity index is 2.65. The molecule has 0 aromatic heterocycles. The van der Waals surface area contributed by atoms with E-state index in [2.05, 4.69) is 20.8 Å². The molecule has 21 heavy (non-hydrogen) atoms. The fourth-order valence-electron chi connectivity index (χ4n) is 2.46. The molecule has 0 saturated heterocycles. The molecule has 0 bridgehead atoms. The van der Waals surface area contributed by atoms with Crippen LogP contribution in [0, 0.1) is 10.8 Å². The monoisotopic (exact) mass is 298 g/mol. The molecule has 1 unspecified atom stereocenters. The van der Waals surface area contributed by atoms with Gasteiger partial charge >= 0.3 is 5.97 Å². The molecule has 0 amide bonds. The van der Waals surface area contributed by atoms with E-state index in [0.717, 1.165) is 25.7 Å². The van der Waals surface area contributed by atoms with Crippen molar-refractivity contribution in [1.82, 2.24) is 0 Å². The molecule has 0 radical (unpaired) electrons. The van der Waals surface area contributed by atoms with Crippen LogP contribution in [-0.2, 0) is 14.3 Å². The van der Waals surface area contributed by atoms with Crippen molar-refractivity contribution >= 4 is 5.97 Å². The summed E-state index contributed by atoms with van der Waals surface area (Å²) in [5.74, 6) is -0.143. The Morgan fingerprint density at radius 2 is 1.67 bits per heavy atom. The van der Waals surface area contributed by atoms with Crippen LogP contribution in [-0.4, -0.2) is 18.4 Å². The van der Waals surface area contributed by atoms with Crippen LogP contribution in [0.2, 0.25) is 0 Å². The normalized spacial score (nSPS) is 19.3. The summed E-state index contributed by atoms with van der Waals surface area (Å²) < 4.78 is 11.9. The van der Waals surface area contributed by atoms with Crippen molar-refractivity contribution in [3.63, 3.8) is 0 Å². The van der Waals surface area contributed by atoms with Gasteiger partial charge in [-0.15, -0.1) is 0 Å². The highest BCUT2D eigenvalue weighted by Crippen LogP contribution is 2.30. The van der Waals surface area contributed by atoms with E-state index in [-0.39, 0.29) is 17.5 Å². The minimum absolute atomic E-state index is 0.0793. The number of esters is 1. The van der Waals surface area contributed by atoms with E-state index in [0.29, 0.717) is 0 Å². The van der Waals surface area contributed by atoms with Crippen molar-refractivity contribution < 1.29 is 14.3 Å². The average Bonchev–Trinajstić information content (AvgIpc) is 2.37. The summed E-state index contributed by atoms with van der Waals surface area (Å²) in [5, 5.41) is 0. The predicted molar refractivity (Wildman–Crippen MR) is 86.0 cm³/mol. The van der Waals surface area contributed by atoms with Crippen molar-refractivity contribution in [3.05, 3.63) is 0 Å². The smallest absolute Gasteiger partial charge is 0.313 e. The first-order valence-electron chi connectivity index (χ1n) is 8.50. The van der Waals surface area contributed by atoms with E-state index >= 15 is 0 Å². The Labute approximate surface area is 130 Å². The van der Waals surface area contributed by atoms with Gasteiger partial charge in [0.2, 0.25) is 6.29 Å². The summed E-state index contributed by atoms with van der Waals surface area (Å²) in [5.41, 5.74) is -0.359. The molecule has 0 aromatic carbocycles. The number of carbonyl (C=O) groups is 1. The van der Waals surface area contributed by atoms with Crippen molar-refractivity contribution in [2.75, 3.05) is 0 Å². The van der Waals surface area contributed by atoms with Gasteiger partial charge in [0, 0.05) is 6.42 Å². The van der Waals surface area contributed by atoms with Crippen molar-refractivity contribution in [2.24, 2.45) is 10.8 Å². The van der Waals surface area contributed by atoms with E-state index < -0.39 is 11.7 Å². The first-order valence-corrected chi connectivity index (χ1v) is 8.50. The van der Waals surface area contributed by atoms with Gasteiger partial charge in [-0.3, -0.25) is 4.79 Å². The topological polar surface area (TPSA) is 35.5 Å². The van der Waals surface area contributed by atoms with Crippen LogP contribution in [0.15, 0.2) is 0 Å². The molecule has 1 atom stereocenters. The number of ether oxygens (including phenoxy) is 2. The SMILES string of the molecule is CCC(C)(C)C(=O)OC(CC(C)(C)C)OC1CCCCC1. The lowest BCUT2D eigenvalue weighted by atomic mass is 9.89. The van der Waals surface area contributed by atoms with Gasteiger partial charge in [-0.2, -0.15) is 0 Å². The zero-order valence-electron chi connectivity index (χ0n) is 14.8. The second-order valence-corrected chi connectivity index (χ2v) is 8.23. The van der Waals surface area contributed by atoms with Gasteiger partial charge in [-0.1, -0.05) is 47.0 Å². The largest absolute Gasteiger partial charge is 0.435 e. The van der Waals surface area contributed by atoms with E-state index in [1.165, 1.54) is 19.3 Å². The first-order chi connectivity index (χ1) is 9.64. The van der Waals surface area contributed by atoms with E-state index in [9.17, 15) is 4.79 Å². The molecule has 1 rings (SSSR count). The number of hydrogen-bond acceptors (Lipinski definition) is 3. The Bertz CT molecular complexity index is 322. The third-order valence-electron chi connectivity index (χ3n) is 4.35. The summed E-state index contributed by atoms with van der Waals surface area (Å²) in [6.45, 7) is 12.4. The molecule has 3 heteroatoms. The highest BCUT2D eigenvalue weighted by molar-refractivity contribution is 5.75. The Kier molecular flexibility index (Phi) is 6.71. The lowest BCUT2D eigenvalue weighted by Gasteiger charge is -2.33. The summed E-state index contributed by atoms with van der Waals surface area (Å²) >= 11 is 0. The maximum absolute atomic E-state index is 12.3. The van der Waals surface area contributed by atoms with Gasteiger partial charge in [0.05, 0.1) is 11.5 Å². The Morgan fingerprint density at radius 3 is 2.14 bits per heavy atom. The lowest BCUT2D eigenvalue weighted by Crippen LogP contribution is -2.36. The van der Waals surface area contributed by atoms with Crippen LogP contribution in [0.4, 0.5) is 0 Å². The summed E-state index contributed by atoms with van der Waals surface area (Å²) in [7, 11) is 0. The molecule has 0 N–H and O–H groups in total. The minimum Gasteiger partial charge on any atom is -0.435 e. The lowest BCUT2D eigenvalue weighted by molar-refractivity contribution is -0.207. The van der Waals surface area contributed by atoms with E-state index in [4.69, 9.17) is 9.47 Å². The third-order valence-corrected chi connectivity index (χ3v) is 4.35. The zero-order valence-corrected chi connectivity index (χ0v) is 14.8. The molecule has 0 spiro atoms. The molecular formula is C18H34O3. The minimum atomic E-state index is -0.438. The van der Waals surface area contributed by atoms with Gasteiger partial charge in [0.15, 0.2) is 0 Å². The standard InChI is InChI=1S/C18H34O3/c1-7-18(5,6)16(19)21-15(13-17(2,3)4)20-14-11-9-8-10-12-14/h14-15H,7-13H2,1-6H3. The third kappa shape index (κ3) is 6.82. The fraction of sp³-hybridized carbons (Fsp3) is 0.944. The molecular weight excluding hydrogens is 264 g/mol. The van der Waals surface area contributed by atoms with Crippen LogP contribution in [0.25, 0.3) is 0 Å². The van der Waals surface area contributed by atoms with Crippen molar-refractivity contribution in [2.45, 2.75) is 98.9 Å². The molecule has 1 fully saturated rings. The van der Waals surface area contributed by atoms with Gasteiger partial charge in [0.1, 0.15) is 0 Å². The van der Waals surface area contributed by atoms with Crippen LogP contribution in [0.5, 0.6) is 0 Å². The molecule has 1 aliphatic rings. The van der Waals surface area contributed by atoms with Crippen molar-refractivity contribution in [1.29, 1.82) is 0 Å². The van der Waals surface area contributed by atoms with Crippen LogP contribution >= 0.6 is 0 Å². The highest BCUT2D eigenvalue weighted by atomic mass is 16.7. The summed E-state index contributed by atoms with van der Waals surface area (Å²) in [4.78, 5) is 12.3.